The number of ether oxygens (including phenoxy) is 1. The molecule has 1 aliphatic rings. The van der Waals surface area contributed by atoms with E-state index in [1.54, 1.807) is 12.4 Å². The van der Waals surface area contributed by atoms with E-state index < -0.39 is 0 Å². The summed E-state index contributed by atoms with van der Waals surface area (Å²) in [6.07, 6.45) is 7.25. The minimum Gasteiger partial charge on any atom is -0.494 e. The number of carbonyl (C=O) groups is 1. The molecule has 1 unspecified atom stereocenters. The van der Waals surface area contributed by atoms with Gasteiger partial charge in [-0.1, -0.05) is 30.0 Å². The molecule has 0 radical (unpaired) electrons. The molecule has 0 bridgehead atoms. The summed E-state index contributed by atoms with van der Waals surface area (Å²) in [5.41, 5.74) is 2.08. The summed E-state index contributed by atoms with van der Waals surface area (Å²) >= 11 is 1.42. The molecule has 4 rings (SSSR count). The van der Waals surface area contributed by atoms with Gasteiger partial charge >= 0.3 is 0 Å². The van der Waals surface area contributed by atoms with Crippen molar-refractivity contribution in [3.63, 3.8) is 0 Å². The van der Waals surface area contributed by atoms with E-state index in [1.807, 2.05) is 46.7 Å². The Morgan fingerprint density at radius 2 is 2.00 bits per heavy atom. The number of likely N-dealkylation sites (tertiary alicyclic amines) is 1. The number of pyridine rings is 1. The zero-order valence-electron chi connectivity index (χ0n) is 18.2. The first kappa shape index (κ1) is 22.1. The maximum atomic E-state index is 13.1. The molecule has 0 aliphatic carbocycles. The van der Waals surface area contributed by atoms with Crippen molar-refractivity contribution in [2.75, 3.05) is 18.9 Å². The molecule has 7 nitrogen and oxygen atoms in total. The minimum atomic E-state index is 0.109. The van der Waals surface area contributed by atoms with Crippen LogP contribution in [-0.2, 0) is 11.3 Å². The average molecular weight is 450 g/mol. The fourth-order valence-electron chi connectivity index (χ4n) is 3.98. The van der Waals surface area contributed by atoms with Crippen LogP contribution in [0, 0.1) is 0 Å². The topological polar surface area (TPSA) is 73.1 Å². The van der Waals surface area contributed by atoms with Crippen molar-refractivity contribution in [1.29, 1.82) is 0 Å². The Hall–Kier alpha value is -3.13. The van der Waals surface area contributed by atoms with Gasteiger partial charge in [0, 0.05) is 31.0 Å². The lowest BCUT2D eigenvalue weighted by Gasteiger charge is -2.25. The number of thioether (sulfide) groups is 1. The lowest BCUT2D eigenvalue weighted by Crippen LogP contribution is -2.32. The van der Waals surface area contributed by atoms with Gasteiger partial charge in [-0.05, 0) is 49.6 Å². The van der Waals surface area contributed by atoms with Crippen molar-refractivity contribution in [2.45, 2.75) is 37.5 Å². The molecule has 1 fully saturated rings. The number of rotatable bonds is 9. The van der Waals surface area contributed by atoms with Crippen molar-refractivity contribution in [1.82, 2.24) is 24.6 Å². The Morgan fingerprint density at radius 3 is 2.72 bits per heavy atom. The number of aromatic nitrogens is 4. The zero-order chi connectivity index (χ0) is 22.3. The van der Waals surface area contributed by atoms with E-state index >= 15 is 0 Å². The van der Waals surface area contributed by atoms with Crippen LogP contribution < -0.4 is 4.74 Å². The zero-order valence-corrected chi connectivity index (χ0v) is 19.0. The molecule has 32 heavy (non-hydrogen) atoms. The summed E-state index contributed by atoms with van der Waals surface area (Å²) in [5.74, 6) is 2.04. The van der Waals surface area contributed by atoms with Gasteiger partial charge in [0.2, 0.25) is 5.91 Å². The third-order valence-corrected chi connectivity index (χ3v) is 6.39. The van der Waals surface area contributed by atoms with Crippen LogP contribution in [0.3, 0.4) is 0 Å². The highest BCUT2D eigenvalue weighted by atomic mass is 32.2. The van der Waals surface area contributed by atoms with Crippen LogP contribution in [0.5, 0.6) is 5.75 Å². The molecule has 1 saturated heterocycles. The summed E-state index contributed by atoms with van der Waals surface area (Å²) in [5, 5.41) is 9.39. The van der Waals surface area contributed by atoms with Crippen LogP contribution in [0.2, 0.25) is 0 Å². The maximum absolute atomic E-state index is 13.1. The molecule has 3 heterocycles. The van der Waals surface area contributed by atoms with Crippen LogP contribution in [0.4, 0.5) is 0 Å². The fraction of sp³-hybridized carbons (Fsp3) is 0.333. The number of nitrogens with zero attached hydrogens (tertiary/aromatic N) is 5. The number of hydrogen-bond donors (Lipinski definition) is 0. The smallest absolute Gasteiger partial charge is 0.233 e. The molecular formula is C24H27N5O2S. The highest BCUT2D eigenvalue weighted by Gasteiger charge is 2.30. The second kappa shape index (κ2) is 10.5. The summed E-state index contributed by atoms with van der Waals surface area (Å²) in [6.45, 7) is 7.81. The van der Waals surface area contributed by atoms with E-state index in [1.165, 1.54) is 11.8 Å². The Bertz CT molecular complexity index is 1050. The van der Waals surface area contributed by atoms with E-state index in [-0.39, 0.29) is 11.9 Å². The molecule has 0 N–H and O–H groups in total. The second-order valence-corrected chi connectivity index (χ2v) is 8.42. The third kappa shape index (κ3) is 4.85. The summed E-state index contributed by atoms with van der Waals surface area (Å²) in [6, 6.07) is 12.0. The van der Waals surface area contributed by atoms with Gasteiger partial charge in [0.1, 0.15) is 5.75 Å². The maximum Gasteiger partial charge on any atom is 0.233 e. The Morgan fingerprint density at radius 1 is 1.22 bits per heavy atom. The number of amides is 1. The number of benzene rings is 1. The molecule has 8 heteroatoms. The lowest BCUT2D eigenvalue weighted by atomic mass is 10.0. The van der Waals surface area contributed by atoms with Gasteiger partial charge in [0.15, 0.2) is 11.0 Å². The van der Waals surface area contributed by atoms with Crippen LogP contribution >= 0.6 is 11.8 Å². The van der Waals surface area contributed by atoms with Crippen LogP contribution in [0.1, 0.15) is 31.4 Å². The fourth-order valence-corrected chi connectivity index (χ4v) is 4.81. The molecule has 3 aromatic rings. The predicted octanol–water partition coefficient (Wildman–Crippen LogP) is 4.38. The Labute approximate surface area is 192 Å². The van der Waals surface area contributed by atoms with Crippen molar-refractivity contribution < 1.29 is 9.53 Å². The lowest BCUT2D eigenvalue weighted by molar-refractivity contribution is -0.129. The summed E-state index contributed by atoms with van der Waals surface area (Å²) < 4.78 is 7.52. The number of allylic oxidation sites excluding steroid dienone is 1. The SMILES string of the molecule is C=CCn1c(SCC(=O)N2CCCC2c2ccc(OCC)cc2)nnc1-c1ccncc1. The molecule has 2 aromatic heterocycles. The first-order chi connectivity index (χ1) is 15.7. The third-order valence-electron chi connectivity index (χ3n) is 5.44. The van der Waals surface area contributed by atoms with E-state index in [4.69, 9.17) is 4.74 Å². The van der Waals surface area contributed by atoms with E-state index in [0.29, 0.717) is 24.1 Å². The largest absolute Gasteiger partial charge is 0.494 e. The first-order valence-electron chi connectivity index (χ1n) is 10.8. The van der Waals surface area contributed by atoms with Gasteiger partial charge in [-0.2, -0.15) is 0 Å². The second-order valence-electron chi connectivity index (χ2n) is 7.48. The Kier molecular flexibility index (Phi) is 7.21. The minimum absolute atomic E-state index is 0.109. The first-order valence-corrected chi connectivity index (χ1v) is 11.8. The highest BCUT2D eigenvalue weighted by Crippen LogP contribution is 2.34. The molecule has 0 saturated carbocycles. The molecule has 1 amide bonds. The monoisotopic (exact) mass is 449 g/mol. The molecule has 1 atom stereocenters. The molecular weight excluding hydrogens is 422 g/mol. The van der Waals surface area contributed by atoms with Crippen LogP contribution in [0.15, 0.2) is 66.6 Å². The predicted molar refractivity (Wildman–Crippen MR) is 125 cm³/mol. The van der Waals surface area contributed by atoms with Crippen molar-refractivity contribution in [3.8, 4) is 17.1 Å². The van der Waals surface area contributed by atoms with E-state index in [9.17, 15) is 4.79 Å². The van der Waals surface area contributed by atoms with E-state index in [2.05, 4.69) is 33.9 Å². The van der Waals surface area contributed by atoms with Crippen molar-refractivity contribution >= 4 is 17.7 Å². The Balaban J connectivity index is 1.45. The average Bonchev–Trinajstić information content (AvgIpc) is 3.47. The standard InChI is InChI=1S/C24H27N5O2S/c1-3-15-29-23(19-11-13-25-14-12-19)26-27-24(29)32-17-22(30)28-16-5-6-21(28)18-7-9-20(10-8-18)31-4-2/h3,7-14,21H,1,4-6,15-17H2,2H3. The van der Waals surface area contributed by atoms with Crippen molar-refractivity contribution in [3.05, 3.63) is 67.0 Å². The van der Waals surface area contributed by atoms with Gasteiger partial charge in [0.05, 0.1) is 18.4 Å². The number of carbonyl (C=O) groups excluding carboxylic acids is 1. The van der Waals surface area contributed by atoms with Gasteiger partial charge < -0.3 is 9.64 Å². The highest BCUT2D eigenvalue weighted by molar-refractivity contribution is 7.99. The molecule has 1 aromatic carbocycles. The number of hydrogen-bond acceptors (Lipinski definition) is 6. The normalized spacial score (nSPS) is 15.7. The van der Waals surface area contributed by atoms with Gasteiger partial charge in [-0.3, -0.25) is 14.3 Å². The molecule has 0 spiro atoms. The van der Waals surface area contributed by atoms with Crippen LogP contribution in [-0.4, -0.2) is 49.5 Å². The van der Waals surface area contributed by atoms with E-state index in [0.717, 1.165) is 42.1 Å². The summed E-state index contributed by atoms with van der Waals surface area (Å²) in [7, 11) is 0. The van der Waals surface area contributed by atoms with Gasteiger partial charge in [-0.25, -0.2) is 0 Å². The summed E-state index contributed by atoms with van der Waals surface area (Å²) in [4.78, 5) is 19.2. The molecule has 166 valence electrons. The van der Waals surface area contributed by atoms with Gasteiger partial charge in [0.25, 0.3) is 0 Å². The van der Waals surface area contributed by atoms with Gasteiger partial charge in [-0.15, -0.1) is 16.8 Å². The van der Waals surface area contributed by atoms with Crippen LogP contribution in [0.25, 0.3) is 11.4 Å². The van der Waals surface area contributed by atoms with Crippen molar-refractivity contribution in [2.24, 2.45) is 0 Å². The molecule has 1 aliphatic heterocycles. The quantitative estimate of drug-likeness (QED) is 0.357.